The summed E-state index contributed by atoms with van der Waals surface area (Å²) in [6.45, 7) is 4.33. The van der Waals surface area contributed by atoms with Crippen molar-refractivity contribution in [1.82, 2.24) is 0 Å². The minimum atomic E-state index is -0.212. The van der Waals surface area contributed by atoms with E-state index < -0.39 is 0 Å². The van der Waals surface area contributed by atoms with E-state index in [-0.39, 0.29) is 5.41 Å². The quantitative estimate of drug-likeness (QED) is 0.767. The molecule has 3 aliphatic rings. The molecule has 1 aromatic rings. The van der Waals surface area contributed by atoms with Crippen molar-refractivity contribution < 1.29 is 9.53 Å². The van der Waals surface area contributed by atoms with E-state index in [4.69, 9.17) is 4.74 Å². The van der Waals surface area contributed by atoms with Crippen LogP contribution in [0.1, 0.15) is 49.3 Å². The Kier molecular flexibility index (Phi) is 2.87. The summed E-state index contributed by atoms with van der Waals surface area (Å²) < 4.78 is 5.42. The van der Waals surface area contributed by atoms with Crippen molar-refractivity contribution in [2.24, 2.45) is 5.41 Å². The van der Waals surface area contributed by atoms with Gasteiger partial charge in [0.2, 0.25) is 0 Å². The molecule has 1 aromatic carbocycles. The molecular weight excluding hydrogens is 272 g/mol. The van der Waals surface area contributed by atoms with Gasteiger partial charge in [0.15, 0.2) is 0 Å². The third-order valence-corrected chi connectivity index (χ3v) is 5.84. The van der Waals surface area contributed by atoms with Gasteiger partial charge in [0.1, 0.15) is 11.5 Å². The molecule has 2 heteroatoms. The Morgan fingerprint density at radius 1 is 1.14 bits per heavy atom. The molecule has 0 bridgehead atoms. The van der Waals surface area contributed by atoms with Crippen LogP contribution in [-0.2, 0) is 11.2 Å². The number of aryl methyl sites for hydroxylation is 2. The van der Waals surface area contributed by atoms with Crippen molar-refractivity contribution in [2.45, 2.75) is 46.0 Å². The van der Waals surface area contributed by atoms with Gasteiger partial charge >= 0.3 is 0 Å². The van der Waals surface area contributed by atoms with E-state index in [2.05, 4.69) is 32.1 Å². The molecule has 0 heterocycles. The third kappa shape index (κ3) is 1.70. The van der Waals surface area contributed by atoms with Crippen LogP contribution in [0.4, 0.5) is 0 Å². The smallest absolute Gasteiger partial charge is 0.146 e. The van der Waals surface area contributed by atoms with Crippen LogP contribution in [0.5, 0.6) is 5.75 Å². The number of allylic oxidation sites excluding steroid dienone is 4. The average Bonchev–Trinajstić information content (AvgIpc) is 2.82. The minimum Gasteiger partial charge on any atom is -0.497 e. The van der Waals surface area contributed by atoms with Gasteiger partial charge in [-0.3, -0.25) is 4.79 Å². The van der Waals surface area contributed by atoms with Gasteiger partial charge in [-0.25, -0.2) is 0 Å². The number of Topliss-reactive ketones (excluding diaryl/α,β-unsaturated/α-hetero) is 1. The van der Waals surface area contributed by atoms with Crippen molar-refractivity contribution in [3.05, 3.63) is 46.0 Å². The molecule has 0 unspecified atom stereocenters. The van der Waals surface area contributed by atoms with Crippen LogP contribution in [0.3, 0.4) is 0 Å². The number of hydrogen-bond acceptors (Lipinski definition) is 2. The normalized spacial score (nSPS) is 26.3. The number of methoxy groups -OCH3 is 1. The summed E-state index contributed by atoms with van der Waals surface area (Å²) >= 11 is 0. The summed E-state index contributed by atoms with van der Waals surface area (Å²) in [5.41, 5.74) is 8.19. The highest BCUT2D eigenvalue weighted by molar-refractivity contribution is 5.96. The molecule has 0 aliphatic heterocycles. The zero-order chi connectivity index (χ0) is 15.5. The molecule has 0 saturated heterocycles. The highest BCUT2D eigenvalue weighted by atomic mass is 16.5. The number of carbonyl (C=O) groups excluding carboxylic acids is 1. The predicted molar refractivity (Wildman–Crippen MR) is 88.0 cm³/mol. The number of rotatable bonds is 1. The van der Waals surface area contributed by atoms with E-state index in [1.807, 2.05) is 0 Å². The lowest BCUT2D eigenvalue weighted by Crippen LogP contribution is -2.30. The number of ether oxygens (including phenoxy) is 1. The lowest BCUT2D eigenvalue weighted by atomic mass is 9.65. The molecule has 0 fully saturated rings. The maximum Gasteiger partial charge on any atom is 0.146 e. The SMILES string of the molecule is COc1cc(C)c2c(c1)CCC1=C2CC[C@]2(C)C(=O)CC=C12. The molecule has 0 aromatic heterocycles. The Morgan fingerprint density at radius 3 is 2.73 bits per heavy atom. The standard InChI is InChI=1S/C20H22O2/c1-12-10-14(22-3)11-13-4-5-15-16(19(12)13)8-9-20(2)17(15)6-7-18(20)21/h6,10-11H,4-5,7-9H2,1-3H3/t20-/m0/s1. The van der Waals surface area contributed by atoms with Gasteiger partial charge in [0.05, 0.1) is 12.5 Å². The van der Waals surface area contributed by atoms with E-state index in [1.165, 1.54) is 33.4 Å². The molecule has 2 nitrogen and oxygen atoms in total. The van der Waals surface area contributed by atoms with Gasteiger partial charge in [-0.2, -0.15) is 0 Å². The second kappa shape index (κ2) is 4.58. The molecule has 0 amide bonds. The summed E-state index contributed by atoms with van der Waals surface area (Å²) in [6.07, 6.45) is 6.91. The lowest BCUT2D eigenvalue weighted by Gasteiger charge is -2.38. The molecule has 3 aliphatic carbocycles. The molecule has 4 rings (SSSR count). The fourth-order valence-electron chi connectivity index (χ4n) is 4.61. The zero-order valence-corrected chi connectivity index (χ0v) is 13.6. The minimum absolute atomic E-state index is 0.212. The molecule has 0 spiro atoms. The average molecular weight is 294 g/mol. The molecule has 0 radical (unpaired) electrons. The molecule has 1 atom stereocenters. The zero-order valence-electron chi connectivity index (χ0n) is 13.6. The Bertz CT molecular complexity index is 751. The topological polar surface area (TPSA) is 26.3 Å². The van der Waals surface area contributed by atoms with Gasteiger partial charge in [0, 0.05) is 6.42 Å². The van der Waals surface area contributed by atoms with Crippen LogP contribution in [0.2, 0.25) is 0 Å². The van der Waals surface area contributed by atoms with E-state index in [9.17, 15) is 4.79 Å². The Hall–Kier alpha value is -1.83. The highest BCUT2D eigenvalue weighted by Gasteiger charge is 2.45. The molecular formula is C20H22O2. The Morgan fingerprint density at radius 2 is 1.95 bits per heavy atom. The van der Waals surface area contributed by atoms with Crippen LogP contribution in [-0.4, -0.2) is 12.9 Å². The molecule has 0 N–H and O–H groups in total. The van der Waals surface area contributed by atoms with Gasteiger partial charge in [-0.1, -0.05) is 6.08 Å². The first-order chi connectivity index (χ1) is 10.5. The van der Waals surface area contributed by atoms with Crippen LogP contribution in [0.25, 0.3) is 5.57 Å². The number of benzene rings is 1. The Balaban J connectivity index is 1.89. The largest absolute Gasteiger partial charge is 0.497 e. The predicted octanol–water partition coefficient (Wildman–Crippen LogP) is 4.40. The van der Waals surface area contributed by atoms with Gasteiger partial charge in [0.25, 0.3) is 0 Å². The first kappa shape index (κ1) is 13.8. The van der Waals surface area contributed by atoms with Crippen molar-refractivity contribution >= 4 is 11.4 Å². The van der Waals surface area contributed by atoms with E-state index in [0.717, 1.165) is 31.4 Å². The lowest BCUT2D eigenvalue weighted by molar-refractivity contribution is -0.124. The monoisotopic (exact) mass is 294 g/mol. The summed E-state index contributed by atoms with van der Waals surface area (Å²) in [5, 5.41) is 0. The van der Waals surface area contributed by atoms with Crippen molar-refractivity contribution in [2.75, 3.05) is 7.11 Å². The van der Waals surface area contributed by atoms with Crippen LogP contribution < -0.4 is 4.74 Å². The van der Waals surface area contributed by atoms with Gasteiger partial charge in [-0.05, 0) is 85.1 Å². The number of hydrogen-bond donors (Lipinski definition) is 0. The summed E-state index contributed by atoms with van der Waals surface area (Å²) in [5.74, 6) is 1.36. The number of fused-ring (bicyclic) bond motifs is 4. The van der Waals surface area contributed by atoms with Crippen LogP contribution >= 0.6 is 0 Å². The van der Waals surface area contributed by atoms with Gasteiger partial charge < -0.3 is 4.74 Å². The van der Waals surface area contributed by atoms with Gasteiger partial charge in [-0.15, -0.1) is 0 Å². The fraction of sp³-hybridized carbons (Fsp3) is 0.450. The van der Waals surface area contributed by atoms with Crippen molar-refractivity contribution in [3.63, 3.8) is 0 Å². The molecule has 114 valence electrons. The summed E-state index contributed by atoms with van der Waals surface area (Å²) in [7, 11) is 1.73. The summed E-state index contributed by atoms with van der Waals surface area (Å²) in [4.78, 5) is 12.3. The second-order valence-corrected chi connectivity index (χ2v) is 7.01. The number of carbonyl (C=O) groups is 1. The first-order valence-corrected chi connectivity index (χ1v) is 8.19. The maximum absolute atomic E-state index is 12.3. The van der Waals surface area contributed by atoms with Crippen LogP contribution in [0, 0.1) is 12.3 Å². The Labute approximate surface area is 131 Å². The van der Waals surface area contributed by atoms with Crippen molar-refractivity contribution in [3.8, 4) is 5.75 Å². The van der Waals surface area contributed by atoms with E-state index in [1.54, 1.807) is 7.11 Å². The second-order valence-electron chi connectivity index (χ2n) is 7.01. The highest BCUT2D eigenvalue weighted by Crippen LogP contribution is 2.54. The molecule has 22 heavy (non-hydrogen) atoms. The molecule has 0 saturated carbocycles. The van der Waals surface area contributed by atoms with Crippen molar-refractivity contribution in [1.29, 1.82) is 0 Å². The first-order valence-electron chi connectivity index (χ1n) is 8.19. The third-order valence-electron chi connectivity index (χ3n) is 5.84. The van der Waals surface area contributed by atoms with E-state index >= 15 is 0 Å². The maximum atomic E-state index is 12.3. The fourth-order valence-corrected chi connectivity index (χ4v) is 4.61. The number of ketones is 1. The van der Waals surface area contributed by atoms with Crippen LogP contribution in [0.15, 0.2) is 29.4 Å². The van der Waals surface area contributed by atoms with E-state index in [0.29, 0.717) is 12.2 Å². The summed E-state index contributed by atoms with van der Waals surface area (Å²) in [6, 6.07) is 4.32.